The topological polar surface area (TPSA) is 57.8 Å². The Morgan fingerprint density at radius 2 is 1.73 bits per heavy atom. The first-order chi connectivity index (χ1) is 12.6. The van der Waals surface area contributed by atoms with Crippen molar-refractivity contribution < 1.29 is 4.79 Å². The maximum atomic E-state index is 12.4. The van der Waals surface area contributed by atoms with Crippen molar-refractivity contribution in [1.82, 2.24) is 9.97 Å². The van der Waals surface area contributed by atoms with Crippen LogP contribution < -0.4 is 5.32 Å². The number of anilines is 1. The Bertz CT molecular complexity index is 1090. The first kappa shape index (κ1) is 16.8. The Morgan fingerprint density at radius 1 is 1.00 bits per heavy atom. The molecule has 0 aliphatic rings. The van der Waals surface area contributed by atoms with Crippen LogP contribution in [0, 0.1) is 0 Å². The number of nitrogens with zero attached hydrogens (tertiary/aromatic N) is 1. The Labute approximate surface area is 163 Å². The van der Waals surface area contributed by atoms with Crippen molar-refractivity contribution in [2.45, 2.75) is 0 Å². The molecule has 0 bridgehead atoms. The molecule has 3 aromatic carbocycles. The molecule has 1 amide bonds. The summed E-state index contributed by atoms with van der Waals surface area (Å²) in [6, 6.07) is 20.3. The van der Waals surface area contributed by atoms with E-state index in [-0.39, 0.29) is 5.91 Å². The summed E-state index contributed by atoms with van der Waals surface area (Å²) in [5.41, 5.74) is 3.95. The van der Waals surface area contributed by atoms with Gasteiger partial charge in [-0.05, 0) is 54.6 Å². The molecule has 1 heterocycles. The minimum Gasteiger partial charge on any atom is -0.338 e. The number of hydrogen-bond donors (Lipinski definition) is 2. The standard InChI is InChI=1S/C20H13BrClN3O/c21-14-5-8-16(9-6-14)23-20(26)13-3-1-12(2-4-13)19-24-17-10-7-15(22)11-18(17)25-19/h1-11H,(H,23,26)(H,24,25). The molecule has 0 unspecified atom stereocenters. The molecule has 0 aliphatic carbocycles. The molecule has 4 nitrogen and oxygen atoms in total. The van der Waals surface area contributed by atoms with Crippen molar-refractivity contribution in [3.8, 4) is 11.4 Å². The van der Waals surface area contributed by atoms with Gasteiger partial charge in [0.2, 0.25) is 0 Å². The van der Waals surface area contributed by atoms with Gasteiger partial charge in [-0.2, -0.15) is 0 Å². The average molecular weight is 427 g/mol. The number of halogens is 2. The Morgan fingerprint density at radius 3 is 2.46 bits per heavy atom. The highest BCUT2D eigenvalue weighted by Gasteiger charge is 2.09. The average Bonchev–Trinajstić information content (AvgIpc) is 3.07. The van der Waals surface area contributed by atoms with Gasteiger partial charge in [-0.25, -0.2) is 4.98 Å². The number of aromatic nitrogens is 2. The fourth-order valence-electron chi connectivity index (χ4n) is 2.63. The summed E-state index contributed by atoms with van der Waals surface area (Å²) < 4.78 is 0.965. The van der Waals surface area contributed by atoms with E-state index in [0.29, 0.717) is 10.6 Å². The van der Waals surface area contributed by atoms with Crippen LogP contribution in [0.15, 0.2) is 71.2 Å². The third-order valence-corrected chi connectivity index (χ3v) is 4.73. The molecule has 1 aromatic heterocycles. The zero-order chi connectivity index (χ0) is 18.1. The third-order valence-electron chi connectivity index (χ3n) is 3.97. The minimum absolute atomic E-state index is 0.157. The van der Waals surface area contributed by atoms with E-state index < -0.39 is 0 Å². The lowest BCUT2D eigenvalue weighted by Crippen LogP contribution is -2.11. The number of H-pyrrole nitrogens is 1. The SMILES string of the molecule is O=C(Nc1ccc(Br)cc1)c1ccc(-c2nc3ccc(Cl)cc3[nH]2)cc1. The Kier molecular flexibility index (Phi) is 4.49. The summed E-state index contributed by atoms with van der Waals surface area (Å²) in [5.74, 6) is 0.581. The summed E-state index contributed by atoms with van der Waals surface area (Å²) in [7, 11) is 0. The van der Waals surface area contributed by atoms with Gasteiger partial charge in [-0.15, -0.1) is 0 Å². The second kappa shape index (κ2) is 6.94. The number of carbonyl (C=O) groups is 1. The lowest BCUT2D eigenvalue weighted by Gasteiger charge is -2.06. The largest absolute Gasteiger partial charge is 0.338 e. The molecule has 0 aliphatic heterocycles. The van der Waals surface area contributed by atoms with Crippen LogP contribution in [0.5, 0.6) is 0 Å². The zero-order valence-electron chi connectivity index (χ0n) is 13.5. The van der Waals surface area contributed by atoms with E-state index in [4.69, 9.17) is 11.6 Å². The van der Waals surface area contributed by atoms with E-state index in [2.05, 4.69) is 31.2 Å². The Hall–Kier alpha value is -2.63. The van der Waals surface area contributed by atoms with Gasteiger partial charge in [0, 0.05) is 26.3 Å². The van der Waals surface area contributed by atoms with Crippen molar-refractivity contribution >= 4 is 50.2 Å². The van der Waals surface area contributed by atoms with Crippen LogP contribution in [-0.2, 0) is 0 Å². The molecule has 4 rings (SSSR count). The van der Waals surface area contributed by atoms with Gasteiger partial charge in [0.15, 0.2) is 0 Å². The lowest BCUT2D eigenvalue weighted by atomic mass is 10.1. The van der Waals surface area contributed by atoms with Gasteiger partial charge in [0.25, 0.3) is 5.91 Å². The highest BCUT2D eigenvalue weighted by atomic mass is 79.9. The third kappa shape index (κ3) is 3.49. The van der Waals surface area contributed by atoms with Crippen molar-refractivity contribution in [2.24, 2.45) is 0 Å². The van der Waals surface area contributed by atoms with Crippen molar-refractivity contribution in [3.63, 3.8) is 0 Å². The smallest absolute Gasteiger partial charge is 0.255 e. The van der Waals surface area contributed by atoms with Crippen LogP contribution in [0.25, 0.3) is 22.4 Å². The molecule has 0 spiro atoms. The van der Waals surface area contributed by atoms with Crippen LogP contribution in [0.4, 0.5) is 5.69 Å². The molecule has 4 aromatic rings. The van der Waals surface area contributed by atoms with Crippen molar-refractivity contribution in [3.05, 3.63) is 81.8 Å². The first-order valence-corrected chi connectivity index (χ1v) is 9.08. The molecule has 0 saturated carbocycles. The monoisotopic (exact) mass is 425 g/mol. The molecule has 0 atom stereocenters. The minimum atomic E-state index is -0.157. The maximum absolute atomic E-state index is 12.4. The molecule has 26 heavy (non-hydrogen) atoms. The van der Waals surface area contributed by atoms with E-state index in [1.165, 1.54) is 0 Å². The molecule has 0 fully saturated rings. The summed E-state index contributed by atoms with van der Waals surface area (Å²) >= 11 is 9.38. The van der Waals surface area contributed by atoms with E-state index in [1.807, 2.05) is 54.6 Å². The number of imidazole rings is 1. The number of aromatic amines is 1. The normalized spacial score (nSPS) is 10.8. The van der Waals surface area contributed by atoms with Gasteiger partial charge < -0.3 is 10.3 Å². The Balaban J connectivity index is 1.55. The fraction of sp³-hybridized carbons (Fsp3) is 0. The number of benzene rings is 3. The van der Waals surface area contributed by atoms with Crippen LogP contribution >= 0.6 is 27.5 Å². The van der Waals surface area contributed by atoms with E-state index in [9.17, 15) is 4.79 Å². The lowest BCUT2D eigenvalue weighted by molar-refractivity contribution is 0.102. The van der Waals surface area contributed by atoms with E-state index in [1.54, 1.807) is 12.1 Å². The predicted octanol–water partition coefficient (Wildman–Crippen LogP) is 5.90. The van der Waals surface area contributed by atoms with E-state index >= 15 is 0 Å². The number of carbonyl (C=O) groups excluding carboxylic acids is 1. The molecule has 0 radical (unpaired) electrons. The van der Waals surface area contributed by atoms with E-state index in [0.717, 1.165) is 32.6 Å². The molecule has 128 valence electrons. The van der Waals surface area contributed by atoms with Gasteiger partial charge >= 0.3 is 0 Å². The number of fused-ring (bicyclic) bond motifs is 1. The van der Waals surface area contributed by atoms with Crippen LogP contribution in [-0.4, -0.2) is 15.9 Å². The van der Waals surface area contributed by atoms with Gasteiger partial charge in [0.05, 0.1) is 11.0 Å². The second-order valence-corrected chi connectivity index (χ2v) is 7.14. The van der Waals surface area contributed by atoms with Crippen LogP contribution in [0.1, 0.15) is 10.4 Å². The molecule has 0 saturated heterocycles. The zero-order valence-corrected chi connectivity index (χ0v) is 15.8. The van der Waals surface area contributed by atoms with Crippen molar-refractivity contribution in [2.75, 3.05) is 5.32 Å². The van der Waals surface area contributed by atoms with Crippen LogP contribution in [0.2, 0.25) is 5.02 Å². The maximum Gasteiger partial charge on any atom is 0.255 e. The molecular weight excluding hydrogens is 414 g/mol. The summed E-state index contributed by atoms with van der Waals surface area (Å²) in [4.78, 5) is 20.2. The second-order valence-electron chi connectivity index (χ2n) is 5.79. The van der Waals surface area contributed by atoms with Gasteiger partial charge in [0.1, 0.15) is 5.82 Å². The quantitative estimate of drug-likeness (QED) is 0.428. The number of hydrogen-bond acceptors (Lipinski definition) is 2. The predicted molar refractivity (Wildman–Crippen MR) is 109 cm³/mol. The number of amides is 1. The fourth-order valence-corrected chi connectivity index (χ4v) is 3.07. The molecule has 2 N–H and O–H groups in total. The summed E-state index contributed by atoms with van der Waals surface area (Å²) in [6.07, 6.45) is 0. The van der Waals surface area contributed by atoms with Gasteiger partial charge in [-0.3, -0.25) is 4.79 Å². The number of rotatable bonds is 3. The van der Waals surface area contributed by atoms with Gasteiger partial charge in [-0.1, -0.05) is 39.7 Å². The first-order valence-electron chi connectivity index (χ1n) is 7.91. The summed E-state index contributed by atoms with van der Waals surface area (Å²) in [5, 5.41) is 3.53. The highest BCUT2D eigenvalue weighted by Crippen LogP contribution is 2.23. The molecule has 6 heteroatoms. The van der Waals surface area contributed by atoms with Crippen molar-refractivity contribution in [1.29, 1.82) is 0 Å². The molecular formula is C20H13BrClN3O. The summed E-state index contributed by atoms with van der Waals surface area (Å²) in [6.45, 7) is 0. The highest BCUT2D eigenvalue weighted by molar-refractivity contribution is 9.10. The number of nitrogens with one attached hydrogen (secondary N) is 2. The van der Waals surface area contributed by atoms with Crippen LogP contribution in [0.3, 0.4) is 0 Å².